The average molecular weight is 452 g/mol. The molecule has 1 fully saturated rings. The highest BCUT2D eigenvalue weighted by atomic mass is 79.9. The summed E-state index contributed by atoms with van der Waals surface area (Å²) in [7, 11) is 0. The Morgan fingerprint density at radius 3 is 3.00 bits per heavy atom. The average Bonchev–Trinajstić information content (AvgIpc) is 3.06. The molecule has 0 amide bonds. The third-order valence-electron chi connectivity index (χ3n) is 4.93. The quantitative estimate of drug-likeness (QED) is 0.612. The highest BCUT2D eigenvalue weighted by molar-refractivity contribution is 9.10. The van der Waals surface area contributed by atoms with E-state index in [1.807, 2.05) is 10.6 Å². The third kappa shape index (κ3) is 3.54. The fourth-order valence-corrected chi connectivity index (χ4v) is 4.21. The minimum atomic E-state index is -0.580. The van der Waals surface area contributed by atoms with Crippen LogP contribution in [-0.4, -0.2) is 44.1 Å². The van der Waals surface area contributed by atoms with Gasteiger partial charge in [-0.25, -0.2) is 4.98 Å². The van der Waals surface area contributed by atoms with Crippen molar-refractivity contribution in [1.29, 1.82) is 0 Å². The summed E-state index contributed by atoms with van der Waals surface area (Å²) in [4.78, 5) is 15.1. The third-order valence-corrected chi connectivity index (χ3v) is 5.59. The molecule has 9 heteroatoms. The number of rotatable bonds is 4. The molecular weight excluding hydrogens is 432 g/mol. The zero-order valence-electron chi connectivity index (χ0n) is 14.9. The van der Waals surface area contributed by atoms with Crippen molar-refractivity contribution >= 4 is 44.5 Å². The zero-order chi connectivity index (χ0) is 19.0. The van der Waals surface area contributed by atoms with Crippen LogP contribution in [-0.2, 0) is 17.0 Å². The summed E-state index contributed by atoms with van der Waals surface area (Å²) in [6.45, 7) is 5.13. The van der Waals surface area contributed by atoms with E-state index in [0.717, 1.165) is 24.0 Å². The second kappa shape index (κ2) is 7.35. The van der Waals surface area contributed by atoms with Gasteiger partial charge in [-0.2, -0.15) is 9.97 Å². The van der Waals surface area contributed by atoms with Gasteiger partial charge in [-0.05, 0) is 35.7 Å². The second-order valence-electron chi connectivity index (χ2n) is 6.65. The second-order valence-corrected chi connectivity index (χ2v) is 7.91. The number of nitrogen functional groups attached to an aromatic ring is 1. The van der Waals surface area contributed by atoms with Crippen molar-refractivity contribution in [1.82, 2.24) is 24.4 Å². The maximum Gasteiger partial charge on any atom is 0.226 e. The van der Waals surface area contributed by atoms with Crippen LogP contribution in [0.1, 0.15) is 18.9 Å². The van der Waals surface area contributed by atoms with Crippen LogP contribution in [0.4, 0.5) is 5.82 Å². The lowest BCUT2D eigenvalue weighted by atomic mass is 10.1. The predicted molar refractivity (Wildman–Crippen MR) is 108 cm³/mol. The summed E-state index contributed by atoms with van der Waals surface area (Å²) in [5.74, 6) is 0.275. The topological polar surface area (TPSA) is 82.1 Å². The number of ether oxygens (including phenoxy) is 1. The summed E-state index contributed by atoms with van der Waals surface area (Å²) in [6.07, 6.45) is 2.48. The molecule has 1 saturated heterocycles. The van der Waals surface area contributed by atoms with Crippen LogP contribution in [0.15, 0.2) is 35.1 Å². The van der Waals surface area contributed by atoms with Gasteiger partial charge >= 0.3 is 0 Å². The summed E-state index contributed by atoms with van der Waals surface area (Å²) >= 11 is 9.57. The highest BCUT2D eigenvalue weighted by Gasteiger charge is 2.38. The van der Waals surface area contributed by atoms with E-state index in [1.165, 1.54) is 5.56 Å². The van der Waals surface area contributed by atoms with Gasteiger partial charge in [-0.1, -0.05) is 35.0 Å². The molecule has 0 aliphatic carbocycles. The Kier molecular flexibility index (Phi) is 5.07. The first-order valence-electron chi connectivity index (χ1n) is 8.78. The van der Waals surface area contributed by atoms with Crippen molar-refractivity contribution in [3.63, 3.8) is 0 Å². The van der Waals surface area contributed by atoms with Crippen LogP contribution in [0.3, 0.4) is 0 Å². The number of hydrogen-bond acceptors (Lipinski definition) is 6. The van der Waals surface area contributed by atoms with Gasteiger partial charge in [0, 0.05) is 24.1 Å². The fraction of sp³-hybridized carbons (Fsp3) is 0.389. The number of nitrogens with two attached hydrogens (primary N) is 1. The van der Waals surface area contributed by atoms with E-state index < -0.39 is 5.72 Å². The molecule has 1 unspecified atom stereocenters. The molecule has 4 rings (SSSR count). The molecule has 7 nitrogen and oxygen atoms in total. The largest absolute Gasteiger partial charge is 0.382 e. The van der Waals surface area contributed by atoms with Crippen molar-refractivity contribution < 1.29 is 4.74 Å². The Balaban J connectivity index is 1.68. The Hall–Kier alpha value is -1.74. The molecule has 3 heterocycles. The molecule has 27 heavy (non-hydrogen) atoms. The van der Waals surface area contributed by atoms with E-state index in [1.54, 1.807) is 6.33 Å². The van der Waals surface area contributed by atoms with Gasteiger partial charge < -0.3 is 10.5 Å². The lowest BCUT2D eigenvalue weighted by molar-refractivity contribution is -0.163. The molecule has 0 spiro atoms. The number of aromatic nitrogens is 4. The van der Waals surface area contributed by atoms with Crippen molar-refractivity contribution in [2.24, 2.45) is 0 Å². The SMILES string of the molecule is CCC1(n2cnc3c(N)nc(Cl)nc32)CN(Cc2cccc(Br)c2)CCO1. The Morgan fingerprint density at radius 1 is 1.37 bits per heavy atom. The minimum Gasteiger partial charge on any atom is -0.382 e. The lowest BCUT2D eigenvalue weighted by Gasteiger charge is -2.43. The highest BCUT2D eigenvalue weighted by Crippen LogP contribution is 2.32. The van der Waals surface area contributed by atoms with Crippen LogP contribution >= 0.6 is 27.5 Å². The van der Waals surface area contributed by atoms with Gasteiger partial charge in [0.15, 0.2) is 17.2 Å². The Bertz CT molecular complexity index is 980. The van der Waals surface area contributed by atoms with Gasteiger partial charge in [-0.3, -0.25) is 9.47 Å². The van der Waals surface area contributed by atoms with E-state index in [-0.39, 0.29) is 11.1 Å². The van der Waals surface area contributed by atoms with E-state index >= 15 is 0 Å². The fourth-order valence-electron chi connectivity index (χ4n) is 3.59. The number of hydrogen-bond donors (Lipinski definition) is 1. The van der Waals surface area contributed by atoms with Crippen molar-refractivity contribution in [2.45, 2.75) is 25.6 Å². The summed E-state index contributed by atoms with van der Waals surface area (Å²) in [5.41, 5.74) is 7.77. The number of nitrogens with zero attached hydrogens (tertiary/aromatic N) is 5. The van der Waals surface area contributed by atoms with Gasteiger partial charge in [-0.15, -0.1) is 0 Å². The van der Waals surface area contributed by atoms with Gasteiger partial charge in [0.25, 0.3) is 0 Å². The molecule has 2 N–H and O–H groups in total. The normalized spacial score (nSPS) is 21.0. The molecule has 0 radical (unpaired) electrons. The van der Waals surface area contributed by atoms with E-state index in [0.29, 0.717) is 24.3 Å². The van der Waals surface area contributed by atoms with Crippen molar-refractivity contribution in [2.75, 3.05) is 25.4 Å². The molecule has 142 valence electrons. The first kappa shape index (κ1) is 18.6. The first-order chi connectivity index (χ1) is 13.0. The van der Waals surface area contributed by atoms with Crippen LogP contribution in [0.5, 0.6) is 0 Å². The minimum absolute atomic E-state index is 0.106. The van der Waals surface area contributed by atoms with Crippen LogP contribution in [0, 0.1) is 0 Å². The van der Waals surface area contributed by atoms with E-state index in [4.69, 9.17) is 22.1 Å². The molecule has 1 aliphatic rings. The Morgan fingerprint density at radius 2 is 2.22 bits per heavy atom. The Labute approximate surface area is 170 Å². The van der Waals surface area contributed by atoms with Gasteiger partial charge in [0.05, 0.1) is 12.9 Å². The molecule has 2 aromatic heterocycles. The van der Waals surface area contributed by atoms with E-state index in [9.17, 15) is 0 Å². The van der Waals surface area contributed by atoms with Crippen LogP contribution in [0.25, 0.3) is 11.2 Å². The first-order valence-corrected chi connectivity index (χ1v) is 9.95. The maximum atomic E-state index is 6.27. The molecule has 1 atom stereocenters. The number of benzene rings is 1. The van der Waals surface area contributed by atoms with Gasteiger partial charge in [0.2, 0.25) is 5.28 Å². The molecule has 0 bridgehead atoms. The number of anilines is 1. The number of halogens is 2. The number of fused-ring (bicyclic) bond motifs is 1. The molecular formula is C18H20BrClN6O. The standard InChI is InChI=1S/C18H20BrClN6O/c1-2-18(26-11-22-14-15(21)23-17(20)24-16(14)26)10-25(6-7-27-18)9-12-4-3-5-13(19)8-12/h3-5,8,11H,2,6-7,9-10H2,1H3,(H2,21,23,24). The summed E-state index contributed by atoms with van der Waals surface area (Å²) in [6, 6.07) is 8.36. The van der Waals surface area contributed by atoms with E-state index in [2.05, 4.69) is 60.9 Å². The summed E-state index contributed by atoms with van der Waals surface area (Å²) in [5, 5.41) is 0.106. The zero-order valence-corrected chi connectivity index (χ0v) is 17.2. The van der Waals surface area contributed by atoms with Gasteiger partial charge in [0.1, 0.15) is 5.52 Å². The smallest absolute Gasteiger partial charge is 0.226 e. The predicted octanol–water partition coefficient (Wildman–Crippen LogP) is 3.42. The lowest BCUT2D eigenvalue weighted by Crippen LogP contribution is -2.52. The molecule has 1 aromatic carbocycles. The number of imidazole rings is 1. The monoisotopic (exact) mass is 450 g/mol. The molecule has 0 saturated carbocycles. The van der Waals surface area contributed by atoms with Crippen LogP contribution in [0.2, 0.25) is 5.28 Å². The number of morpholine rings is 1. The van der Waals surface area contributed by atoms with Crippen molar-refractivity contribution in [3.8, 4) is 0 Å². The maximum absolute atomic E-state index is 6.27. The summed E-state index contributed by atoms with van der Waals surface area (Å²) < 4.78 is 9.29. The molecule has 1 aliphatic heterocycles. The van der Waals surface area contributed by atoms with Crippen LogP contribution < -0.4 is 5.73 Å². The van der Waals surface area contributed by atoms with Crippen molar-refractivity contribution in [3.05, 3.63) is 45.9 Å². The molecule has 3 aromatic rings.